The minimum absolute atomic E-state index is 0.0569. The van der Waals surface area contributed by atoms with Crippen LogP contribution >= 0.6 is 11.6 Å². The summed E-state index contributed by atoms with van der Waals surface area (Å²) in [4.78, 5) is 10.7. The van der Waals surface area contributed by atoms with Crippen LogP contribution < -0.4 is 4.74 Å². The molecule has 1 heterocycles. The van der Waals surface area contributed by atoms with Gasteiger partial charge >= 0.3 is 6.36 Å². The van der Waals surface area contributed by atoms with Crippen molar-refractivity contribution in [1.29, 1.82) is 0 Å². The van der Waals surface area contributed by atoms with Crippen LogP contribution in [0, 0.1) is 0 Å². The number of phenolic OH excluding ortho intramolecular Hbond substituents is 1. The average molecular weight is 414 g/mol. The van der Waals surface area contributed by atoms with Crippen LogP contribution in [0.3, 0.4) is 0 Å². The number of alkyl halides is 3. The second-order valence-electron chi connectivity index (χ2n) is 6.10. The molecule has 0 spiro atoms. The molecule has 0 amide bonds. The zero-order chi connectivity index (χ0) is 20.5. The number of fused-ring (bicyclic) bond motifs is 1. The highest BCUT2D eigenvalue weighted by molar-refractivity contribution is 6.32. The van der Waals surface area contributed by atoms with Gasteiger partial charge in [0.2, 0.25) is 0 Å². The maximum atomic E-state index is 12.4. The van der Waals surface area contributed by atoms with Gasteiger partial charge in [-0.25, -0.2) is 0 Å². The van der Waals surface area contributed by atoms with Crippen molar-refractivity contribution in [3.63, 3.8) is 0 Å². The summed E-state index contributed by atoms with van der Waals surface area (Å²) in [5.41, 5.74) is 2.07. The summed E-state index contributed by atoms with van der Waals surface area (Å²) < 4.78 is 47.8. The molecule has 3 rings (SSSR count). The molecule has 0 saturated heterocycles. The van der Waals surface area contributed by atoms with E-state index in [9.17, 15) is 23.1 Å². The lowest BCUT2D eigenvalue weighted by Crippen LogP contribution is -2.17. The standard InChI is InChI=1S/C19H15ClF3NO4/c1-11(27-10-25)15-9-24(17-4-3-13(26)7-14(15)17)8-12-2-5-18(16(20)6-12)28-19(21,22)23/h2-7,9-11,26H,8H2,1H3. The molecule has 1 atom stereocenters. The fourth-order valence-electron chi connectivity index (χ4n) is 2.97. The molecule has 0 aliphatic rings. The van der Waals surface area contributed by atoms with Crippen LogP contribution in [0.4, 0.5) is 13.2 Å². The second kappa shape index (κ2) is 7.63. The van der Waals surface area contributed by atoms with Crippen molar-refractivity contribution in [2.24, 2.45) is 0 Å². The fourth-order valence-corrected chi connectivity index (χ4v) is 3.21. The van der Waals surface area contributed by atoms with E-state index in [1.807, 2.05) is 4.57 Å². The summed E-state index contributed by atoms with van der Waals surface area (Å²) >= 11 is 5.91. The Hall–Kier alpha value is -2.87. The number of nitrogens with zero attached hydrogens (tertiary/aromatic N) is 1. The first-order valence-electron chi connectivity index (χ1n) is 8.13. The molecule has 1 N–H and O–H groups in total. The van der Waals surface area contributed by atoms with Crippen molar-refractivity contribution >= 4 is 29.0 Å². The van der Waals surface area contributed by atoms with Crippen LogP contribution in [0.2, 0.25) is 5.02 Å². The molecule has 3 aromatic rings. The van der Waals surface area contributed by atoms with Gasteiger partial charge in [0.15, 0.2) is 0 Å². The van der Waals surface area contributed by atoms with Gasteiger partial charge in [-0.2, -0.15) is 0 Å². The molecule has 0 aliphatic carbocycles. The van der Waals surface area contributed by atoms with Crippen LogP contribution in [-0.4, -0.2) is 22.5 Å². The lowest BCUT2D eigenvalue weighted by atomic mass is 10.1. The van der Waals surface area contributed by atoms with Crippen molar-refractivity contribution in [1.82, 2.24) is 4.57 Å². The quantitative estimate of drug-likeness (QED) is 0.565. The van der Waals surface area contributed by atoms with E-state index in [1.165, 1.54) is 18.2 Å². The Bertz CT molecular complexity index is 1020. The number of aromatic nitrogens is 1. The molecule has 0 bridgehead atoms. The second-order valence-corrected chi connectivity index (χ2v) is 6.51. The van der Waals surface area contributed by atoms with Crippen LogP contribution in [0.15, 0.2) is 42.6 Å². The molecule has 0 radical (unpaired) electrons. The third kappa shape index (κ3) is 4.33. The predicted molar refractivity (Wildman–Crippen MR) is 96.4 cm³/mol. The predicted octanol–water partition coefficient (Wildman–Crippen LogP) is 5.18. The molecule has 5 nitrogen and oxygen atoms in total. The topological polar surface area (TPSA) is 60.7 Å². The normalized spacial score (nSPS) is 12.8. The van der Waals surface area contributed by atoms with E-state index in [-0.39, 0.29) is 10.8 Å². The van der Waals surface area contributed by atoms with Crippen LogP contribution in [0.25, 0.3) is 10.9 Å². The van der Waals surface area contributed by atoms with Crippen molar-refractivity contribution in [3.8, 4) is 11.5 Å². The highest BCUT2D eigenvalue weighted by atomic mass is 35.5. The number of rotatable bonds is 6. The van der Waals surface area contributed by atoms with Gasteiger partial charge in [0.1, 0.15) is 17.6 Å². The van der Waals surface area contributed by atoms with E-state index in [0.29, 0.717) is 29.5 Å². The van der Waals surface area contributed by atoms with Gasteiger partial charge in [0, 0.05) is 29.2 Å². The van der Waals surface area contributed by atoms with Gasteiger partial charge < -0.3 is 19.1 Å². The lowest BCUT2D eigenvalue weighted by Gasteiger charge is -2.12. The summed E-state index contributed by atoms with van der Waals surface area (Å²) in [5.74, 6) is -0.421. The number of carbonyl (C=O) groups excluding carboxylic acids is 1. The Morgan fingerprint density at radius 2 is 2.00 bits per heavy atom. The summed E-state index contributed by atoms with van der Waals surface area (Å²) in [6, 6.07) is 8.79. The Kier molecular flexibility index (Phi) is 5.42. The van der Waals surface area contributed by atoms with E-state index >= 15 is 0 Å². The van der Waals surface area contributed by atoms with Crippen molar-refractivity contribution < 1.29 is 32.5 Å². The molecule has 148 valence electrons. The van der Waals surface area contributed by atoms with E-state index in [4.69, 9.17) is 16.3 Å². The smallest absolute Gasteiger partial charge is 0.508 e. The number of ether oxygens (including phenoxy) is 2. The first kappa shape index (κ1) is 19.9. The molecular formula is C19H15ClF3NO4. The highest BCUT2D eigenvalue weighted by Crippen LogP contribution is 2.33. The minimum atomic E-state index is -4.83. The number of halogens is 4. The van der Waals surface area contributed by atoms with Gasteiger partial charge in [-0.1, -0.05) is 17.7 Å². The summed E-state index contributed by atoms with van der Waals surface area (Å²) in [7, 11) is 0. The Balaban J connectivity index is 1.96. The molecule has 2 aromatic carbocycles. The largest absolute Gasteiger partial charge is 0.573 e. The van der Waals surface area contributed by atoms with Gasteiger partial charge in [-0.05, 0) is 42.8 Å². The third-order valence-electron chi connectivity index (χ3n) is 4.17. The van der Waals surface area contributed by atoms with Gasteiger partial charge in [-0.3, -0.25) is 4.79 Å². The molecule has 0 fully saturated rings. The first-order chi connectivity index (χ1) is 13.2. The van der Waals surface area contributed by atoms with Crippen LogP contribution in [-0.2, 0) is 16.1 Å². The number of benzene rings is 2. The molecule has 1 aromatic heterocycles. The Morgan fingerprint density at radius 3 is 2.64 bits per heavy atom. The number of aromatic hydroxyl groups is 1. The maximum Gasteiger partial charge on any atom is 0.573 e. The zero-order valence-corrected chi connectivity index (χ0v) is 15.3. The number of hydrogen-bond acceptors (Lipinski definition) is 4. The van der Waals surface area contributed by atoms with Gasteiger partial charge in [0.05, 0.1) is 5.02 Å². The monoisotopic (exact) mass is 413 g/mol. The molecule has 28 heavy (non-hydrogen) atoms. The van der Waals surface area contributed by atoms with E-state index in [1.54, 1.807) is 25.3 Å². The molecular weight excluding hydrogens is 399 g/mol. The minimum Gasteiger partial charge on any atom is -0.508 e. The van der Waals surface area contributed by atoms with Crippen molar-refractivity contribution in [2.75, 3.05) is 0 Å². The van der Waals surface area contributed by atoms with Crippen molar-refractivity contribution in [3.05, 3.63) is 58.7 Å². The van der Waals surface area contributed by atoms with Crippen LogP contribution in [0.1, 0.15) is 24.2 Å². The van der Waals surface area contributed by atoms with E-state index < -0.39 is 18.2 Å². The average Bonchev–Trinajstić information content (AvgIpc) is 2.94. The summed E-state index contributed by atoms with van der Waals surface area (Å²) in [6.45, 7) is 2.33. The Labute approximate surface area is 162 Å². The fraction of sp³-hybridized carbons (Fsp3) is 0.211. The lowest BCUT2D eigenvalue weighted by molar-refractivity contribution is -0.274. The maximum absolute atomic E-state index is 12.4. The van der Waals surface area contributed by atoms with E-state index in [0.717, 1.165) is 11.6 Å². The third-order valence-corrected chi connectivity index (χ3v) is 4.46. The van der Waals surface area contributed by atoms with Crippen molar-refractivity contribution in [2.45, 2.75) is 25.9 Å². The van der Waals surface area contributed by atoms with E-state index in [2.05, 4.69) is 4.74 Å². The van der Waals surface area contributed by atoms with Crippen LogP contribution in [0.5, 0.6) is 11.5 Å². The number of phenols is 1. The molecule has 1 unspecified atom stereocenters. The highest BCUT2D eigenvalue weighted by Gasteiger charge is 2.32. The first-order valence-corrected chi connectivity index (χ1v) is 8.51. The number of carbonyl (C=O) groups is 1. The number of hydrogen-bond donors (Lipinski definition) is 1. The Morgan fingerprint density at radius 1 is 1.25 bits per heavy atom. The SMILES string of the molecule is CC(OC=O)c1cn(Cc2ccc(OC(F)(F)F)c(Cl)c2)c2ccc(O)cc12. The molecule has 9 heteroatoms. The molecule has 0 aliphatic heterocycles. The summed E-state index contributed by atoms with van der Waals surface area (Å²) in [5, 5.41) is 10.3. The van der Waals surface area contributed by atoms with Gasteiger partial charge in [0.25, 0.3) is 6.47 Å². The zero-order valence-electron chi connectivity index (χ0n) is 14.5. The van der Waals surface area contributed by atoms with Gasteiger partial charge in [-0.15, -0.1) is 13.2 Å². The summed E-state index contributed by atoms with van der Waals surface area (Å²) in [6.07, 6.45) is -3.62. The molecule has 0 saturated carbocycles.